The number of hydrogen-bond donors (Lipinski definition) is 1. The highest BCUT2D eigenvalue weighted by atomic mass is 79.9. The second-order valence-corrected chi connectivity index (χ2v) is 7.23. The first-order valence-corrected chi connectivity index (χ1v) is 7.98. The zero-order valence-electron chi connectivity index (χ0n) is 9.61. The van der Waals surface area contributed by atoms with Gasteiger partial charge in [-0.05, 0) is 41.2 Å². The number of thiophene rings is 1. The topological polar surface area (TPSA) is 12.0 Å². The van der Waals surface area contributed by atoms with Crippen molar-refractivity contribution in [2.45, 2.75) is 6.04 Å². The van der Waals surface area contributed by atoms with Crippen molar-refractivity contribution >= 4 is 54.8 Å². The number of rotatable bonds is 3. The Morgan fingerprint density at radius 3 is 2.21 bits per heavy atom. The maximum absolute atomic E-state index is 14.0. The molecule has 1 N–H and O–H groups in total. The SMILES string of the molecule is CNC(c1cc(Br)c(Cl)s1)c1c(F)cc(Br)cc1F. The van der Waals surface area contributed by atoms with Gasteiger partial charge in [0.05, 0.1) is 6.04 Å². The van der Waals surface area contributed by atoms with E-state index < -0.39 is 17.7 Å². The van der Waals surface area contributed by atoms with Gasteiger partial charge in [0.25, 0.3) is 0 Å². The normalized spacial score (nSPS) is 12.7. The second kappa shape index (κ2) is 6.18. The molecule has 19 heavy (non-hydrogen) atoms. The van der Waals surface area contributed by atoms with Crippen molar-refractivity contribution < 1.29 is 8.78 Å². The molecule has 0 fully saturated rings. The van der Waals surface area contributed by atoms with Crippen LogP contribution in [0.25, 0.3) is 0 Å². The Bertz CT molecular complexity index is 575. The largest absolute Gasteiger partial charge is 0.308 e. The van der Waals surface area contributed by atoms with Crippen LogP contribution in [0.2, 0.25) is 4.34 Å². The molecule has 1 nitrogen and oxygen atoms in total. The molecule has 0 saturated heterocycles. The first-order chi connectivity index (χ1) is 8.93. The van der Waals surface area contributed by atoms with E-state index in [9.17, 15) is 8.78 Å². The zero-order chi connectivity index (χ0) is 14.2. The van der Waals surface area contributed by atoms with Crippen molar-refractivity contribution in [3.8, 4) is 0 Å². The van der Waals surface area contributed by atoms with Gasteiger partial charge in [-0.25, -0.2) is 8.78 Å². The van der Waals surface area contributed by atoms with E-state index in [1.165, 1.54) is 23.5 Å². The highest BCUT2D eigenvalue weighted by molar-refractivity contribution is 9.10. The van der Waals surface area contributed by atoms with E-state index in [0.29, 0.717) is 13.3 Å². The Hall–Kier alpha value is -0.0100. The Balaban J connectivity index is 2.54. The molecule has 0 amide bonds. The van der Waals surface area contributed by atoms with Crippen LogP contribution in [0, 0.1) is 11.6 Å². The van der Waals surface area contributed by atoms with Gasteiger partial charge in [-0.2, -0.15) is 0 Å². The van der Waals surface area contributed by atoms with Crippen LogP contribution < -0.4 is 5.32 Å². The van der Waals surface area contributed by atoms with Gasteiger partial charge in [-0.3, -0.25) is 0 Å². The molecule has 0 spiro atoms. The Labute approximate surface area is 135 Å². The van der Waals surface area contributed by atoms with Crippen molar-refractivity contribution in [1.29, 1.82) is 0 Å². The van der Waals surface area contributed by atoms with Crippen LogP contribution in [0.15, 0.2) is 27.1 Å². The Morgan fingerprint density at radius 2 is 1.79 bits per heavy atom. The Kier molecular flexibility index (Phi) is 5.00. The summed E-state index contributed by atoms with van der Waals surface area (Å²) in [6, 6.07) is 3.66. The average Bonchev–Trinajstić information content (AvgIpc) is 2.63. The summed E-state index contributed by atoms with van der Waals surface area (Å²) in [6.45, 7) is 0. The molecule has 0 aliphatic carbocycles. The van der Waals surface area contributed by atoms with E-state index in [1.54, 1.807) is 13.1 Å². The van der Waals surface area contributed by atoms with Crippen molar-refractivity contribution in [2.24, 2.45) is 0 Å². The van der Waals surface area contributed by atoms with Crippen LogP contribution in [0.4, 0.5) is 8.78 Å². The van der Waals surface area contributed by atoms with Crippen molar-refractivity contribution in [2.75, 3.05) is 7.05 Å². The molecule has 0 aliphatic heterocycles. The highest BCUT2D eigenvalue weighted by Crippen LogP contribution is 2.38. The molecule has 0 radical (unpaired) electrons. The van der Waals surface area contributed by atoms with Crippen molar-refractivity contribution in [3.63, 3.8) is 0 Å². The maximum Gasteiger partial charge on any atom is 0.132 e. The summed E-state index contributed by atoms with van der Waals surface area (Å²) < 4.78 is 29.6. The fraction of sp³-hybridized carbons (Fsp3) is 0.167. The molecule has 7 heteroatoms. The van der Waals surface area contributed by atoms with E-state index in [0.717, 1.165) is 4.88 Å². The summed E-state index contributed by atoms with van der Waals surface area (Å²) in [5.41, 5.74) is -0.0175. The third kappa shape index (κ3) is 3.19. The van der Waals surface area contributed by atoms with Gasteiger partial charge >= 0.3 is 0 Å². The van der Waals surface area contributed by atoms with Crippen LogP contribution in [0.3, 0.4) is 0 Å². The summed E-state index contributed by atoms with van der Waals surface area (Å²) in [6.07, 6.45) is 0. The third-order valence-corrected chi connectivity index (χ3v) is 5.57. The highest BCUT2D eigenvalue weighted by Gasteiger charge is 2.23. The Morgan fingerprint density at radius 1 is 1.21 bits per heavy atom. The standard InChI is InChI=1S/C12H8Br2ClF2NS/c1-18-11(9-4-6(14)12(15)19-9)10-7(16)2-5(13)3-8(10)17/h2-4,11,18H,1H3. The first kappa shape index (κ1) is 15.4. The van der Waals surface area contributed by atoms with Gasteiger partial charge in [0, 0.05) is 19.4 Å². The van der Waals surface area contributed by atoms with E-state index in [4.69, 9.17) is 11.6 Å². The summed E-state index contributed by atoms with van der Waals surface area (Å²) in [5, 5.41) is 2.91. The average molecular weight is 432 g/mol. The monoisotopic (exact) mass is 429 g/mol. The minimum absolute atomic E-state index is 0.0175. The van der Waals surface area contributed by atoms with Gasteiger partial charge in [0.15, 0.2) is 0 Å². The molecule has 1 aromatic heterocycles. The second-order valence-electron chi connectivity index (χ2n) is 3.78. The lowest BCUT2D eigenvalue weighted by Gasteiger charge is -2.17. The van der Waals surface area contributed by atoms with Gasteiger partial charge in [0.2, 0.25) is 0 Å². The summed E-state index contributed by atoms with van der Waals surface area (Å²) in [7, 11) is 1.65. The van der Waals surface area contributed by atoms with E-state index in [-0.39, 0.29) is 5.56 Å². The summed E-state index contributed by atoms with van der Waals surface area (Å²) >= 11 is 13.6. The number of benzene rings is 1. The molecule has 0 aliphatic rings. The van der Waals surface area contributed by atoms with Gasteiger partial charge < -0.3 is 5.32 Å². The maximum atomic E-state index is 14.0. The van der Waals surface area contributed by atoms with Crippen LogP contribution in [0.1, 0.15) is 16.5 Å². The molecular formula is C12H8Br2ClF2NS. The predicted molar refractivity (Wildman–Crippen MR) is 82.0 cm³/mol. The lowest BCUT2D eigenvalue weighted by Crippen LogP contribution is -2.19. The lowest BCUT2D eigenvalue weighted by atomic mass is 10.0. The number of halogens is 5. The van der Waals surface area contributed by atoms with Gasteiger partial charge in [0.1, 0.15) is 16.0 Å². The van der Waals surface area contributed by atoms with Crippen LogP contribution in [0.5, 0.6) is 0 Å². The fourth-order valence-corrected chi connectivity index (χ4v) is 4.02. The molecule has 1 heterocycles. The molecule has 1 atom stereocenters. The third-order valence-electron chi connectivity index (χ3n) is 2.57. The van der Waals surface area contributed by atoms with E-state index in [1.807, 2.05) is 0 Å². The molecule has 0 bridgehead atoms. The number of hydrogen-bond acceptors (Lipinski definition) is 2. The summed E-state index contributed by atoms with van der Waals surface area (Å²) in [5.74, 6) is -1.21. The van der Waals surface area contributed by atoms with Crippen molar-refractivity contribution in [3.05, 3.63) is 53.6 Å². The zero-order valence-corrected chi connectivity index (χ0v) is 14.4. The van der Waals surface area contributed by atoms with E-state index in [2.05, 4.69) is 37.2 Å². The predicted octanol–water partition coefficient (Wildman–Crippen LogP) is 5.51. The minimum atomic E-state index is -0.605. The van der Waals surface area contributed by atoms with E-state index >= 15 is 0 Å². The molecular weight excluding hydrogens is 423 g/mol. The number of nitrogens with one attached hydrogen (secondary N) is 1. The first-order valence-electron chi connectivity index (χ1n) is 5.20. The van der Waals surface area contributed by atoms with Crippen LogP contribution >= 0.6 is 54.8 Å². The van der Waals surface area contributed by atoms with Crippen LogP contribution in [-0.4, -0.2) is 7.05 Å². The van der Waals surface area contributed by atoms with Gasteiger partial charge in [-0.1, -0.05) is 27.5 Å². The molecule has 0 saturated carbocycles. The quantitative estimate of drug-likeness (QED) is 0.675. The molecule has 2 aromatic rings. The molecule has 1 aromatic carbocycles. The van der Waals surface area contributed by atoms with Crippen molar-refractivity contribution in [1.82, 2.24) is 5.32 Å². The molecule has 2 rings (SSSR count). The summed E-state index contributed by atoms with van der Waals surface area (Å²) in [4.78, 5) is 0.736. The van der Waals surface area contributed by atoms with Gasteiger partial charge in [-0.15, -0.1) is 11.3 Å². The minimum Gasteiger partial charge on any atom is -0.308 e. The smallest absolute Gasteiger partial charge is 0.132 e. The fourth-order valence-electron chi connectivity index (χ4n) is 1.76. The molecule has 102 valence electrons. The lowest BCUT2D eigenvalue weighted by molar-refractivity contribution is 0.523. The van der Waals surface area contributed by atoms with Crippen LogP contribution in [-0.2, 0) is 0 Å². The molecule has 1 unspecified atom stereocenters.